The third-order valence-electron chi connectivity index (χ3n) is 6.71. The lowest BCUT2D eigenvalue weighted by atomic mass is 9.93. The fraction of sp³-hybridized carbons (Fsp3) is 0.226. The second kappa shape index (κ2) is 10.5. The minimum absolute atomic E-state index is 0.129. The molecular weight excluding hydrogens is 478 g/mol. The normalized spacial score (nSPS) is 14.4. The van der Waals surface area contributed by atoms with Crippen molar-refractivity contribution in [2.75, 3.05) is 13.2 Å². The van der Waals surface area contributed by atoms with Gasteiger partial charge in [-0.25, -0.2) is 0 Å². The summed E-state index contributed by atoms with van der Waals surface area (Å²) in [5.74, 6) is 1.18. The Morgan fingerprint density at radius 1 is 1.08 bits per heavy atom. The van der Waals surface area contributed by atoms with Crippen LogP contribution in [0.15, 0.2) is 73.3 Å². The van der Waals surface area contributed by atoms with Crippen LogP contribution in [0.4, 0.5) is 0 Å². The lowest BCUT2D eigenvalue weighted by Gasteiger charge is -2.26. The predicted octanol–water partition coefficient (Wildman–Crippen LogP) is 6.11. The topological polar surface area (TPSA) is 87.7 Å². The second-order valence-corrected chi connectivity index (χ2v) is 9.40. The number of ether oxygens (including phenoxy) is 2. The molecule has 1 aliphatic heterocycles. The zero-order chi connectivity index (χ0) is 26.8. The molecule has 1 amide bonds. The maximum Gasteiger partial charge on any atom is 0.273 e. The third-order valence-corrected chi connectivity index (χ3v) is 6.71. The molecule has 1 aromatic heterocycles. The summed E-state index contributed by atoms with van der Waals surface area (Å²) in [6, 6.07) is 19.0. The Kier molecular flexibility index (Phi) is 6.92. The molecule has 1 atom stereocenters. The van der Waals surface area contributed by atoms with E-state index in [1.807, 2.05) is 75.4 Å². The Hall–Kier alpha value is -4.52. The van der Waals surface area contributed by atoms with Gasteiger partial charge < -0.3 is 19.5 Å². The molecule has 2 heterocycles. The first-order chi connectivity index (χ1) is 18.4. The molecule has 0 radical (unpaired) electrons. The van der Waals surface area contributed by atoms with Gasteiger partial charge in [0.1, 0.15) is 23.7 Å². The highest BCUT2D eigenvalue weighted by atomic mass is 16.5. The van der Waals surface area contributed by atoms with Gasteiger partial charge in [0.2, 0.25) is 0 Å². The van der Waals surface area contributed by atoms with E-state index in [0.717, 1.165) is 27.8 Å². The molecule has 0 aliphatic carbocycles. The molecule has 194 valence electrons. The molecule has 1 unspecified atom stereocenters. The van der Waals surface area contributed by atoms with Gasteiger partial charge in [0.05, 0.1) is 12.6 Å². The summed E-state index contributed by atoms with van der Waals surface area (Å²) >= 11 is 0. The highest BCUT2D eigenvalue weighted by Crippen LogP contribution is 2.46. The van der Waals surface area contributed by atoms with Crippen molar-refractivity contribution < 1.29 is 19.4 Å². The average molecular weight is 510 g/mol. The van der Waals surface area contributed by atoms with Crippen molar-refractivity contribution in [2.45, 2.75) is 33.4 Å². The van der Waals surface area contributed by atoms with Crippen molar-refractivity contribution in [1.82, 2.24) is 15.1 Å². The number of carbonyl (C=O) groups is 1. The molecule has 2 N–H and O–H groups in total. The number of phenols is 1. The van der Waals surface area contributed by atoms with Crippen molar-refractivity contribution in [3.8, 4) is 28.5 Å². The van der Waals surface area contributed by atoms with Crippen LogP contribution < -0.4 is 9.47 Å². The molecule has 5 rings (SSSR count). The number of phenolic OH excluding ortho intramolecular Hbond substituents is 1. The van der Waals surface area contributed by atoms with Gasteiger partial charge in [-0.3, -0.25) is 9.89 Å². The number of hydrogen-bond donors (Lipinski definition) is 2. The molecule has 7 nitrogen and oxygen atoms in total. The Balaban J connectivity index is 1.59. The third kappa shape index (κ3) is 4.52. The van der Waals surface area contributed by atoms with Crippen molar-refractivity contribution in [3.05, 3.63) is 107 Å². The maximum absolute atomic E-state index is 13.5. The van der Waals surface area contributed by atoms with Crippen LogP contribution in [0.25, 0.3) is 11.3 Å². The van der Waals surface area contributed by atoms with Crippen molar-refractivity contribution in [1.29, 1.82) is 0 Å². The van der Waals surface area contributed by atoms with E-state index in [1.165, 1.54) is 0 Å². The molecule has 1 aliphatic rings. The number of aryl methyl sites for hydroxylation is 2. The Morgan fingerprint density at radius 3 is 2.58 bits per heavy atom. The summed E-state index contributed by atoms with van der Waals surface area (Å²) < 4.78 is 12.1. The highest BCUT2D eigenvalue weighted by Gasteiger charge is 2.42. The first kappa shape index (κ1) is 25.1. The number of amides is 1. The van der Waals surface area contributed by atoms with Crippen LogP contribution in [0, 0.1) is 13.8 Å². The van der Waals surface area contributed by atoms with E-state index in [1.54, 1.807) is 17.0 Å². The minimum atomic E-state index is -0.452. The predicted molar refractivity (Wildman–Crippen MR) is 147 cm³/mol. The standard InChI is InChI=1S/C31H31N3O4/c1-5-14-34-30(22-12-13-24(25(17-22)37-6-2)38-18-21-10-8-7-9-11-21)27-28(32-33-29(27)31(34)36)26-20(4)15-19(3)16-23(26)35/h5,7-13,15-17,30,35H,1,6,14,18H2,2-4H3,(H,32,33). The number of H-pyrrole nitrogens is 1. The van der Waals surface area contributed by atoms with Crippen LogP contribution in [0.3, 0.4) is 0 Å². The van der Waals surface area contributed by atoms with Gasteiger partial charge in [0, 0.05) is 17.7 Å². The Labute approximate surface area is 222 Å². The first-order valence-corrected chi connectivity index (χ1v) is 12.7. The zero-order valence-electron chi connectivity index (χ0n) is 21.8. The molecule has 0 saturated heterocycles. The summed E-state index contributed by atoms with van der Waals surface area (Å²) in [7, 11) is 0. The van der Waals surface area contributed by atoms with Crippen molar-refractivity contribution >= 4 is 5.91 Å². The van der Waals surface area contributed by atoms with Gasteiger partial charge in [-0.05, 0) is 61.2 Å². The fourth-order valence-corrected chi connectivity index (χ4v) is 5.13. The van der Waals surface area contributed by atoms with E-state index in [2.05, 4.69) is 16.8 Å². The fourth-order valence-electron chi connectivity index (χ4n) is 5.13. The first-order valence-electron chi connectivity index (χ1n) is 12.7. The largest absolute Gasteiger partial charge is 0.507 e. The average Bonchev–Trinajstić information content (AvgIpc) is 3.43. The Bertz CT molecular complexity index is 1470. The van der Waals surface area contributed by atoms with Gasteiger partial charge in [-0.1, -0.05) is 48.5 Å². The van der Waals surface area contributed by atoms with Crippen LogP contribution in [0.5, 0.6) is 17.2 Å². The lowest BCUT2D eigenvalue weighted by Crippen LogP contribution is -2.29. The smallest absolute Gasteiger partial charge is 0.273 e. The number of nitrogens with zero attached hydrogens (tertiary/aromatic N) is 2. The number of benzene rings is 3. The molecule has 0 saturated carbocycles. The molecular formula is C31H31N3O4. The summed E-state index contributed by atoms with van der Waals surface area (Å²) in [5, 5.41) is 18.3. The van der Waals surface area contributed by atoms with Gasteiger partial charge >= 0.3 is 0 Å². The molecule has 0 fully saturated rings. The zero-order valence-corrected chi connectivity index (χ0v) is 21.8. The van der Waals surface area contributed by atoms with E-state index in [4.69, 9.17) is 9.47 Å². The van der Waals surface area contributed by atoms with E-state index >= 15 is 0 Å². The monoisotopic (exact) mass is 509 g/mol. The molecule has 4 aromatic rings. The van der Waals surface area contributed by atoms with Crippen LogP contribution in [0.1, 0.15) is 51.3 Å². The van der Waals surface area contributed by atoms with Crippen molar-refractivity contribution in [3.63, 3.8) is 0 Å². The number of carbonyl (C=O) groups excluding carboxylic acids is 1. The summed E-state index contributed by atoms with van der Waals surface area (Å²) in [6.07, 6.45) is 1.71. The number of aromatic amines is 1. The lowest BCUT2D eigenvalue weighted by molar-refractivity contribution is 0.0764. The summed E-state index contributed by atoms with van der Waals surface area (Å²) in [4.78, 5) is 15.2. The highest BCUT2D eigenvalue weighted by molar-refractivity contribution is 6.00. The van der Waals surface area contributed by atoms with Gasteiger partial charge in [0.15, 0.2) is 11.5 Å². The Morgan fingerprint density at radius 2 is 1.87 bits per heavy atom. The van der Waals surface area contributed by atoms with Crippen LogP contribution >= 0.6 is 0 Å². The molecule has 0 bridgehead atoms. The van der Waals surface area contributed by atoms with Gasteiger partial charge in [-0.2, -0.15) is 5.10 Å². The minimum Gasteiger partial charge on any atom is -0.507 e. The number of hydrogen-bond acceptors (Lipinski definition) is 5. The second-order valence-electron chi connectivity index (χ2n) is 9.40. The van der Waals surface area contributed by atoms with Gasteiger partial charge in [-0.15, -0.1) is 6.58 Å². The van der Waals surface area contributed by atoms with Crippen LogP contribution in [-0.2, 0) is 6.61 Å². The molecule has 7 heteroatoms. The SMILES string of the molecule is C=CCN1C(=O)c2[nH]nc(-c3c(C)cc(C)cc3O)c2C1c1ccc(OCc2ccccc2)c(OCC)c1. The van der Waals surface area contributed by atoms with Crippen LogP contribution in [-0.4, -0.2) is 39.3 Å². The number of aromatic nitrogens is 2. The molecule has 0 spiro atoms. The number of rotatable bonds is 9. The molecule has 38 heavy (non-hydrogen) atoms. The quantitative estimate of drug-likeness (QED) is 0.266. The van der Waals surface area contributed by atoms with Gasteiger partial charge in [0.25, 0.3) is 5.91 Å². The van der Waals surface area contributed by atoms with E-state index in [-0.39, 0.29) is 11.7 Å². The maximum atomic E-state index is 13.5. The van der Waals surface area contributed by atoms with E-state index in [0.29, 0.717) is 48.2 Å². The van der Waals surface area contributed by atoms with E-state index in [9.17, 15) is 9.90 Å². The summed E-state index contributed by atoms with van der Waals surface area (Å²) in [6.45, 7) is 10.9. The van der Waals surface area contributed by atoms with Crippen molar-refractivity contribution in [2.24, 2.45) is 0 Å². The number of aromatic hydroxyl groups is 1. The molecule has 3 aromatic carbocycles. The summed E-state index contributed by atoms with van der Waals surface area (Å²) in [5.41, 5.74) is 6.03. The number of nitrogens with one attached hydrogen (secondary N) is 1. The number of fused-ring (bicyclic) bond motifs is 1. The van der Waals surface area contributed by atoms with E-state index < -0.39 is 6.04 Å². The van der Waals surface area contributed by atoms with Crippen LogP contribution in [0.2, 0.25) is 0 Å².